The Balaban J connectivity index is 2.01. The number of anilines is 1. The van der Waals surface area contributed by atoms with Gasteiger partial charge in [-0.25, -0.2) is 4.68 Å². The fourth-order valence-corrected chi connectivity index (χ4v) is 2.35. The van der Waals surface area contributed by atoms with Crippen LogP contribution in [0.25, 0.3) is 16.7 Å². The van der Waals surface area contributed by atoms with E-state index in [1.807, 2.05) is 30.3 Å². The molecule has 1 aromatic carbocycles. The highest BCUT2D eigenvalue weighted by Crippen LogP contribution is 2.21. The summed E-state index contributed by atoms with van der Waals surface area (Å²) in [4.78, 5) is 19.5. The molecule has 0 saturated heterocycles. The van der Waals surface area contributed by atoms with Crippen LogP contribution < -0.4 is 10.9 Å². The number of nitrogens with zero attached hydrogens (tertiary/aromatic N) is 3. The van der Waals surface area contributed by atoms with Crippen molar-refractivity contribution in [1.82, 2.24) is 19.7 Å². The van der Waals surface area contributed by atoms with Crippen molar-refractivity contribution < 1.29 is 0 Å². The van der Waals surface area contributed by atoms with Gasteiger partial charge in [-0.1, -0.05) is 18.2 Å². The maximum Gasteiger partial charge on any atom is 0.263 e. The lowest BCUT2D eigenvalue weighted by molar-refractivity contribution is 0.746. The zero-order valence-electron chi connectivity index (χ0n) is 13.3. The summed E-state index contributed by atoms with van der Waals surface area (Å²) in [5.74, 6) is 0.460. The molecule has 3 aromatic rings. The zero-order valence-corrected chi connectivity index (χ0v) is 14.1. The summed E-state index contributed by atoms with van der Waals surface area (Å²) in [5, 5.41) is 7.98. The second kappa shape index (κ2) is 6.08. The lowest BCUT2D eigenvalue weighted by Crippen LogP contribution is -2.27. The van der Waals surface area contributed by atoms with Crippen LogP contribution in [-0.4, -0.2) is 37.3 Å². The van der Waals surface area contributed by atoms with Crippen molar-refractivity contribution in [1.29, 1.82) is 0 Å². The molecule has 3 rings (SSSR count). The quantitative estimate of drug-likeness (QED) is 0.753. The number of nitrogens with one attached hydrogen (secondary N) is 2. The monoisotopic (exact) mass is 329 g/mol. The van der Waals surface area contributed by atoms with Crippen molar-refractivity contribution in [3.8, 4) is 5.69 Å². The van der Waals surface area contributed by atoms with E-state index in [0.29, 0.717) is 23.5 Å². The average Bonchev–Trinajstić information content (AvgIpc) is 2.98. The van der Waals surface area contributed by atoms with Gasteiger partial charge in [0.2, 0.25) is 5.95 Å². The van der Waals surface area contributed by atoms with Crippen molar-refractivity contribution in [2.24, 2.45) is 0 Å². The number of fused-ring (bicyclic) bond motifs is 1. The van der Waals surface area contributed by atoms with E-state index in [2.05, 4.69) is 40.5 Å². The Morgan fingerprint density at radius 1 is 1.30 bits per heavy atom. The van der Waals surface area contributed by atoms with E-state index < -0.39 is 0 Å². The molecule has 0 amide bonds. The molecule has 0 saturated carbocycles. The first kappa shape index (κ1) is 15.6. The average molecular weight is 329 g/mol. The molecule has 0 fully saturated rings. The first-order chi connectivity index (χ1) is 11.0. The summed E-state index contributed by atoms with van der Waals surface area (Å²) in [6.45, 7) is 4.97. The number of aromatic nitrogens is 4. The van der Waals surface area contributed by atoms with Gasteiger partial charge in [-0.3, -0.25) is 9.78 Å². The second-order valence-corrected chi connectivity index (χ2v) is 7.37. The van der Waals surface area contributed by atoms with Gasteiger partial charge in [0.1, 0.15) is 5.39 Å². The topological polar surface area (TPSA) is 75.6 Å². The van der Waals surface area contributed by atoms with E-state index in [9.17, 15) is 4.79 Å². The molecule has 7 heteroatoms. The van der Waals surface area contributed by atoms with Crippen LogP contribution in [0, 0.1) is 0 Å². The van der Waals surface area contributed by atoms with Gasteiger partial charge in [0, 0.05) is 11.3 Å². The Hall–Kier alpha value is -2.28. The Labute approximate surface area is 138 Å². The minimum absolute atomic E-state index is 0.0488. The van der Waals surface area contributed by atoms with E-state index in [4.69, 9.17) is 0 Å². The van der Waals surface area contributed by atoms with Crippen LogP contribution in [0.1, 0.15) is 13.8 Å². The van der Waals surface area contributed by atoms with E-state index in [0.717, 1.165) is 5.69 Å². The molecule has 0 atom stereocenters. The Morgan fingerprint density at radius 2 is 2.04 bits per heavy atom. The van der Waals surface area contributed by atoms with Gasteiger partial charge in [-0.2, -0.15) is 21.8 Å². The number of para-hydroxylation sites is 1. The van der Waals surface area contributed by atoms with Crippen LogP contribution in [0.2, 0.25) is 0 Å². The van der Waals surface area contributed by atoms with Gasteiger partial charge in [-0.15, -0.1) is 0 Å². The molecule has 0 spiro atoms. The summed E-state index contributed by atoms with van der Waals surface area (Å²) < 4.78 is 1.72. The maximum absolute atomic E-state index is 12.2. The summed E-state index contributed by atoms with van der Waals surface area (Å²) in [7, 11) is 0. The number of hydrogen-bond acceptors (Lipinski definition) is 5. The van der Waals surface area contributed by atoms with Crippen molar-refractivity contribution in [3.05, 3.63) is 46.9 Å². The zero-order chi connectivity index (χ0) is 16.4. The highest BCUT2D eigenvalue weighted by Gasteiger charge is 2.17. The van der Waals surface area contributed by atoms with Crippen LogP contribution in [0.5, 0.6) is 0 Å². The van der Waals surface area contributed by atoms with Crippen molar-refractivity contribution >= 4 is 28.7 Å². The van der Waals surface area contributed by atoms with E-state index >= 15 is 0 Å². The van der Waals surface area contributed by atoms with Crippen molar-refractivity contribution in [2.45, 2.75) is 18.6 Å². The van der Waals surface area contributed by atoms with Gasteiger partial charge in [0.15, 0.2) is 5.65 Å². The molecular weight excluding hydrogens is 310 g/mol. The molecule has 2 aromatic heterocycles. The number of aromatic amines is 1. The van der Waals surface area contributed by atoms with Crippen molar-refractivity contribution in [2.75, 3.05) is 18.1 Å². The number of hydrogen-bond donors (Lipinski definition) is 2. The van der Waals surface area contributed by atoms with Crippen LogP contribution >= 0.6 is 11.8 Å². The number of thioether (sulfide) groups is 1. The minimum Gasteiger partial charge on any atom is -0.354 e. The normalized spacial score (nSPS) is 11.8. The Morgan fingerprint density at radius 3 is 2.74 bits per heavy atom. The van der Waals surface area contributed by atoms with Crippen LogP contribution in [0.3, 0.4) is 0 Å². The Bertz CT molecular complexity index is 869. The van der Waals surface area contributed by atoms with Crippen LogP contribution in [0.4, 0.5) is 5.95 Å². The fourth-order valence-electron chi connectivity index (χ4n) is 2.13. The second-order valence-electron chi connectivity index (χ2n) is 5.86. The highest BCUT2D eigenvalue weighted by molar-refractivity contribution is 7.99. The first-order valence-corrected chi connectivity index (χ1v) is 8.55. The highest BCUT2D eigenvalue weighted by atomic mass is 32.2. The molecule has 0 aliphatic heterocycles. The maximum atomic E-state index is 12.2. The molecule has 0 aliphatic carbocycles. The third-order valence-corrected chi connectivity index (χ3v) is 4.92. The van der Waals surface area contributed by atoms with Gasteiger partial charge in [-0.05, 0) is 32.2 Å². The summed E-state index contributed by atoms with van der Waals surface area (Å²) in [5.41, 5.74) is 1.22. The smallest absolute Gasteiger partial charge is 0.263 e. The predicted octanol–water partition coefficient (Wildman–Crippen LogP) is 2.66. The lowest BCUT2D eigenvalue weighted by atomic mass is 10.2. The van der Waals surface area contributed by atoms with Crippen molar-refractivity contribution in [3.63, 3.8) is 0 Å². The number of rotatable bonds is 5. The predicted molar refractivity (Wildman–Crippen MR) is 95.6 cm³/mol. The number of H-pyrrole nitrogens is 1. The van der Waals surface area contributed by atoms with E-state index in [1.165, 1.54) is 0 Å². The molecule has 0 aliphatic rings. The SMILES string of the molecule is CSC(C)(C)CNc1nc2c(cnn2-c2ccccc2)c(=O)[nH]1. The molecule has 2 N–H and O–H groups in total. The summed E-state index contributed by atoms with van der Waals surface area (Å²) >= 11 is 1.76. The molecule has 0 unspecified atom stereocenters. The first-order valence-electron chi connectivity index (χ1n) is 7.33. The standard InChI is InChI=1S/C16H19N5OS/c1-16(2,23-3)10-17-15-19-13-12(14(22)20-15)9-18-21(13)11-7-5-4-6-8-11/h4-9H,10H2,1-3H3,(H2,17,19,20,22). The minimum atomic E-state index is -0.193. The summed E-state index contributed by atoms with van der Waals surface area (Å²) in [6.07, 6.45) is 3.61. The van der Waals surface area contributed by atoms with Gasteiger partial charge in [0.05, 0.1) is 11.9 Å². The molecule has 6 nitrogen and oxygen atoms in total. The van der Waals surface area contributed by atoms with E-state index in [1.54, 1.807) is 22.6 Å². The Kier molecular flexibility index (Phi) is 4.12. The third-order valence-electron chi connectivity index (χ3n) is 3.67. The van der Waals surface area contributed by atoms with Gasteiger partial charge in [0.25, 0.3) is 5.56 Å². The van der Waals surface area contributed by atoms with E-state index in [-0.39, 0.29) is 10.3 Å². The molecular formula is C16H19N5OS. The van der Waals surface area contributed by atoms with Gasteiger partial charge >= 0.3 is 0 Å². The number of benzene rings is 1. The summed E-state index contributed by atoms with van der Waals surface area (Å²) in [6, 6.07) is 9.65. The fraction of sp³-hybridized carbons (Fsp3) is 0.312. The molecule has 23 heavy (non-hydrogen) atoms. The lowest BCUT2D eigenvalue weighted by Gasteiger charge is -2.22. The van der Waals surface area contributed by atoms with Crippen LogP contribution in [-0.2, 0) is 0 Å². The largest absolute Gasteiger partial charge is 0.354 e. The molecule has 2 heterocycles. The molecule has 120 valence electrons. The third kappa shape index (κ3) is 3.24. The van der Waals surface area contributed by atoms with Gasteiger partial charge < -0.3 is 5.32 Å². The van der Waals surface area contributed by atoms with Crippen LogP contribution in [0.15, 0.2) is 41.3 Å². The molecule has 0 radical (unpaired) electrons. The molecule has 0 bridgehead atoms.